The largest absolute Gasteiger partial charge is 0.370 e. The van der Waals surface area contributed by atoms with E-state index < -0.39 is 0 Å². The molecule has 1 unspecified atom stereocenters. The molecule has 0 bridgehead atoms. The highest BCUT2D eigenvalue weighted by Crippen LogP contribution is 2.28. The first-order valence-corrected chi connectivity index (χ1v) is 8.47. The molecule has 2 rings (SSSR count). The predicted octanol–water partition coefficient (Wildman–Crippen LogP) is 3.97. The minimum absolute atomic E-state index is 0.325. The first kappa shape index (κ1) is 16.8. The zero-order valence-corrected chi connectivity index (χ0v) is 14.6. The quantitative estimate of drug-likeness (QED) is 0.641. The van der Waals surface area contributed by atoms with Gasteiger partial charge in [-0.15, -0.1) is 11.3 Å². The van der Waals surface area contributed by atoms with E-state index >= 15 is 0 Å². The summed E-state index contributed by atoms with van der Waals surface area (Å²) in [6.07, 6.45) is 1.01. The minimum atomic E-state index is 0.325. The van der Waals surface area contributed by atoms with E-state index in [2.05, 4.69) is 36.1 Å². The van der Waals surface area contributed by atoms with Gasteiger partial charge < -0.3 is 11.1 Å². The molecule has 0 spiro atoms. The maximum atomic E-state index is 5.93. The monoisotopic (exact) mass is 336 g/mol. The molecule has 4 nitrogen and oxygen atoms in total. The second-order valence-electron chi connectivity index (χ2n) is 5.17. The van der Waals surface area contributed by atoms with Gasteiger partial charge in [-0.1, -0.05) is 30.7 Å². The van der Waals surface area contributed by atoms with E-state index in [1.165, 1.54) is 4.88 Å². The van der Waals surface area contributed by atoms with E-state index in [1.54, 1.807) is 11.3 Å². The van der Waals surface area contributed by atoms with Crippen molar-refractivity contribution in [3.05, 3.63) is 39.2 Å². The van der Waals surface area contributed by atoms with Crippen molar-refractivity contribution in [1.29, 1.82) is 0 Å². The number of guanidine groups is 1. The molecule has 1 atom stereocenters. The number of nitrogens with zero attached hydrogens (tertiary/aromatic N) is 2. The topological polar surface area (TPSA) is 63.3 Å². The van der Waals surface area contributed by atoms with Crippen LogP contribution in [-0.4, -0.2) is 17.0 Å². The van der Waals surface area contributed by atoms with Crippen molar-refractivity contribution in [2.75, 3.05) is 0 Å². The van der Waals surface area contributed by atoms with Gasteiger partial charge in [0.25, 0.3) is 0 Å². The highest BCUT2D eigenvalue weighted by molar-refractivity contribution is 7.12. The van der Waals surface area contributed by atoms with Crippen LogP contribution in [0.3, 0.4) is 0 Å². The van der Waals surface area contributed by atoms with Crippen LogP contribution in [0.2, 0.25) is 5.02 Å². The number of aryl methyl sites for hydroxylation is 1. The number of aromatic nitrogens is 1. The number of hydrogen-bond acceptors (Lipinski definition) is 3. The number of nitrogens with two attached hydrogens (primary N) is 1. The summed E-state index contributed by atoms with van der Waals surface area (Å²) in [6.45, 7) is 6.74. The molecule has 0 saturated heterocycles. The molecule has 22 heavy (non-hydrogen) atoms. The average molecular weight is 337 g/mol. The maximum absolute atomic E-state index is 5.93. The molecule has 1 aromatic carbocycles. The number of thiazole rings is 1. The number of rotatable bonds is 5. The first-order valence-electron chi connectivity index (χ1n) is 7.28. The molecular formula is C16H21ClN4S. The van der Waals surface area contributed by atoms with E-state index in [4.69, 9.17) is 17.3 Å². The van der Waals surface area contributed by atoms with Crippen molar-refractivity contribution in [1.82, 2.24) is 10.3 Å². The Balaban J connectivity index is 2.10. The van der Waals surface area contributed by atoms with Crippen LogP contribution in [0.5, 0.6) is 0 Å². The van der Waals surface area contributed by atoms with Crippen molar-refractivity contribution < 1.29 is 0 Å². The zero-order valence-electron chi connectivity index (χ0n) is 13.1. The molecule has 6 heteroatoms. The molecule has 1 aromatic heterocycles. The first-order chi connectivity index (χ1) is 10.5. The van der Waals surface area contributed by atoms with E-state index in [9.17, 15) is 0 Å². The third-order valence-electron chi connectivity index (χ3n) is 3.35. The number of hydrogen-bond donors (Lipinski definition) is 2. The van der Waals surface area contributed by atoms with Crippen LogP contribution >= 0.6 is 22.9 Å². The summed E-state index contributed by atoms with van der Waals surface area (Å²) in [5.41, 5.74) is 7.93. The number of aliphatic imine (C=N–C) groups is 1. The molecule has 0 aliphatic rings. The van der Waals surface area contributed by atoms with E-state index in [-0.39, 0.29) is 0 Å². The van der Waals surface area contributed by atoms with Crippen molar-refractivity contribution in [2.24, 2.45) is 10.7 Å². The lowest BCUT2D eigenvalue weighted by molar-refractivity contribution is 0.636. The van der Waals surface area contributed by atoms with Crippen LogP contribution in [0, 0.1) is 6.92 Å². The van der Waals surface area contributed by atoms with Gasteiger partial charge in [-0.3, -0.25) is 0 Å². The Morgan fingerprint density at radius 3 is 2.73 bits per heavy atom. The lowest BCUT2D eigenvalue weighted by Crippen LogP contribution is -2.38. The van der Waals surface area contributed by atoms with Crippen LogP contribution in [0.25, 0.3) is 11.3 Å². The Morgan fingerprint density at radius 1 is 1.41 bits per heavy atom. The highest BCUT2D eigenvalue weighted by atomic mass is 35.5. The summed E-state index contributed by atoms with van der Waals surface area (Å²) < 4.78 is 0. The lowest BCUT2D eigenvalue weighted by Gasteiger charge is -2.11. The van der Waals surface area contributed by atoms with Gasteiger partial charge in [0.15, 0.2) is 5.96 Å². The van der Waals surface area contributed by atoms with Crippen LogP contribution in [0.1, 0.15) is 30.2 Å². The highest BCUT2D eigenvalue weighted by Gasteiger charge is 2.09. The fraction of sp³-hybridized carbons (Fsp3) is 0.375. The third-order valence-corrected chi connectivity index (χ3v) is 4.56. The maximum Gasteiger partial charge on any atom is 0.189 e. The summed E-state index contributed by atoms with van der Waals surface area (Å²) in [6, 6.07) is 8.04. The van der Waals surface area contributed by atoms with Crippen LogP contribution in [0.15, 0.2) is 29.3 Å². The van der Waals surface area contributed by atoms with Gasteiger partial charge >= 0.3 is 0 Å². The summed E-state index contributed by atoms with van der Waals surface area (Å²) in [4.78, 5) is 10.2. The van der Waals surface area contributed by atoms with Gasteiger partial charge in [-0.25, -0.2) is 9.98 Å². The Kier molecular flexibility index (Phi) is 5.80. The second-order valence-corrected chi connectivity index (χ2v) is 6.90. The standard InChI is InChI=1S/C16H21ClN4S/c1-4-10(2)20-16(18)19-9-14-21-15(11(3)22-14)12-5-7-13(17)8-6-12/h5-8,10H,4,9H2,1-3H3,(H3,18,19,20). The second kappa shape index (κ2) is 7.61. The molecule has 0 aliphatic heterocycles. The average Bonchev–Trinajstić information content (AvgIpc) is 2.87. The van der Waals surface area contributed by atoms with E-state index in [0.29, 0.717) is 18.5 Å². The van der Waals surface area contributed by atoms with Crippen molar-refractivity contribution in [3.63, 3.8) is 0 Å². The summed E-state index contributed by atoms with van der Waals surface area (Å²) in [7, 11) is 0. The van der Waals surface area contributed by atoms with Crippen LogP contribution in [-0.2, 0) is 6.54 Å². The number of halogens is 1. The van der Waals surface area contributed by atoms with Crippen molar-refractivity contribution >= 4 is 28.9 Å². The Morgan fingerprint density at radius 2 is 2.09 bits per heavy atom. The fourth-order valence-electron chi connectivity index (χ4n) is 1.95. The summed E-state index contributed by atoms with van der Waals surface area (Å²) in [5, 5.41) is 4.83. The molecule has 2 aromatic rings. The molecular weight excluding hydrogens is 316 g/mol. The number of benzene rings is 1. The molecule has 118 valence electrons. The summed E-state index contributed by atoms with van der Waals surface area (Å²) in [5.74, 6) is 0.468. The molecule has 3 N–H and O–H groups in total. The van der Waals surface area contributed by atoms with Gasteiger partial charge in [-0.2, -0.15) is 0 Å². The van der Waals surface area contributed by atoms with E-state index in [0.717, 1.165) is 27.7 Å². The van der Waals surface area contributed by atoms with Gasteiger partial charge in [-0.05, 0) is 32.4 Å². The molecule has 0 saturated carbocycles. The molecule has 0 fully saturated rings. The minimum Gasteiger partial charge on any atom is -0.370 e. The van der Waals surface area contributed by atoms with Crippen molar-refractivity contribution in [2.45, 2.75) is 39.8 Å². The van der Waals surface area contributed by atoms with E-state index in [1.807, 2.05) is 24.3 Å². The predicted molar refractivity (Wildman–Crippen MR) is 95.5 cm³/mol. The van der Waals surface area contributed by atoms with Crippen LogP contribution in [0.4, 0.5) is 0 Å². The molecule has 1 heterocycles. The SMILES string of the molecule is CCC(C)NC(N)=NCc1nc(-c2ccc(Cl)cc2)c(C)s1. The molecule has 0 aliphatic carbocycles. The van der Waals surface area contributed by atoms with Crippen LogP contribution < -0.4 is 11.1 Å². The zero-order chi connectivity index (χ0) is 16.1. The summed E-state index contributed by atoms with van der Waals surface area (Å²) >= 11 is 7.57. The van der Waals surface area contributed by atoms with Gasteiger partial charge in [0.1, 0.15) is 5.01 Å². The molecule has 0 amide bonds. The lowest BCUT2D eigenvalue weighted by atomic mass is 10.1. The smallest absolute Gasteiger partial charge is 0.189 e. The fourth-order valence-corrected chi connectivity index (χ4v) is 2.95. The normalized spacial score (nSPS) is 13.2. The Hall–Kier alpha value is -1.59. The molecule has 0 radical (unpaired) electrons. The van der Waals surface area contributed by atoms with Crippen molar-refractivity contribution in [3.8, 4) is 11.3 Å². The Bertz CT molecular complexity index is 649. The van der Waals surface area contributed by atoms with Gasteiger partial charge in [0.2, 0.25) is 0 Å². The Labute approximate surface area is 140 Å². The van der Waals surface area contributed by atoms with Gasteiger partial charge in [0, 0.05) is 21.5 Å². The third kappa shape index (κ3) is 4.45. The van der Waals surface area contributed by atoms with Gasteiger partial charge in [0.05, 0.1) is 12.2 Å². The number of nitrogens with one attached hydrogen (secondary N) is 1.